The van der Waals surface area contributed by atoms with E-state index in [1.807, 2.05) is 35.8 Å². The number of hydrogen-bond donors (Lipinski definition) is 0. The SMILES string of the molecule is CCn1c(SCC(=O)c2ccc(Cl)s2)nnc1-c1ccc(Cl)cc1. The summed E-state index contributed by atoms with van der Waals surface area (Å²) in [6.45, 7) is 2.74. The van der Waals surface area contributed by atoms with Gasteiger partial charge in [-0.15, -0.1) is 21.5 Å². The third-order valence-electron chi connectivity index (χ3n) is 3.32. The molecule has 0 aliphatic carbocycles. The van der Waals surface area contributed by atoms with E-state index in [0.717, 1.165) is 16.5 Å². The predicted octanol–water partition coefficient (Wildman–Crippen LogP) is 5.31. The van der Waals surface area contributed by atoms with Gasteiger partial charge in [-0.05, 0) is 43.3 Å². The van der Waals surface area contributed by atoms with Crippen LogP contribution >= 0.6 is 46.3 Å². The van der Waals surface area contributed by atoms with Crippen molar-refractivity contribution in [1.82, 2.24) is 14.8 Å². The highest BCUT2D eigenvalue weighted by molar-refractivity contribution is 7.99. The second kappa shape index (κ2) is 7.70. The van der Waals surface area contributed by atoms with Gasteiger partial charge in [0.1, 0.15) is 0 Å². The van der Waals surface area contributed by atoms with E-state index >= 15 is 0 Å². The van der Waals surface area contributed by atoms with Gasteiger partial charge in [0.25, 0.3) is 0 Å². The maximum atomic E-state index is 12.2. The Morgan fingerprint density at radius 3 is 2.54 bits per heavy atom. The minimum Gasteiger partial charge on any atom is -0.302 e. The molecule has 8 heteroatoms. The van der Waals surface area contributed by atoms with Gasteiger partial charge in [0.2, 0.25) is 0 Å². The predicted molar refractivity (Wildman–Crippen MR) is 101 cm³/mol. The number of nitrogens with zero attached hydrogens (tertiary/aromatic N) is 3. The number of carbonyl (C=O) groups is 1. The Morgan fingerprint density at radius 1 is 1.17 bits per heavy atom. The van der Waals surface area contributed by atoms with E-state index in [4.69, 9.17) is 23.2 Å². The van der Waals surface area contributed by atoms with Crippen LogP contribution in [0.1, 0.15) is 16.6 Å². The fraction of sp³-hybridized carbons (Fsp3) is 0.188. The van der Waals surface area contributed by atoms with Crippen LogP contribution in [0, 0.1) is 0 Å². The summed E-state index contributed by atoms with van der Waals surface area (Å²) in [7, 11) is 0. The Kier molecular flexibility index (Phi) is 5.61. The maximum Gasteiger partial charge on any atom is 0.191 e. The number of Topliss-reactive ketones (excluding diaryl/α,β-unsaturated/α-hetero) is 1. The average molecular weight is 398 g/mol. The van der Waals surface area contributed by atoms with Gasteiger partial charge in [0.15, 0.2) is 16.8 Å². The smallest absolute Gasteiger partial charge is 0.191 e. The number of hydrogen-bond acceptors (Lipinski definition) is 5. The summed E-state index contributed by atoms with van der Waals surface area (Å²) >= 11 is 14.5. The first kappa shape index (κ1) is 17.5. The molecule has 2 aromatic heterocycles. The molecule has 3 aromatic rings. The summed E-state index contributed by atoms with van der Waals surface area (Å²) in [5.41, 5.74) is 0.942. The van der Waals surface area contributed by atoms with Crippen molar-refractivity contribution in [2.75, 3.05) is 5.75 Å². The highest BCUT2D eigenvalue weighted by Gasteiger charge is 2.16. The summed E-state index contributed by atoms with van der Waals surface area (Å²) in [5, 5.41) is 9.88. The van der Waals surface area contributed by atoms with Crippen LogP contribution in [0.4, 0.5) is 0 Å². The summed E-state index contributed by atoms with van der Waals surface area (Å²) in [6, 6.07) is 10.9. The van der Waals surface area contributed by atoms with E-state index in [9.17, 15) is 4.79 Å². The lowest BCUT2D eigenvalue weighted by atomic mass is 10.2. The molecular formula is C16H13Cl2N3OS2. The number of ketones is 1. The zero-order valence-corrected chi connectivity index (χ0v) is 15.8. The molecule has 1 aromatic carbocycles. The molecule has 0 spiro atoms. The summed E-state index contributed by atoms with van der Waals surface area (Å²) in [5.74, 6) is 1.11. The number of thioether (sulfide) groups is 1. The molecule has 0 amide bonds. The van der Waals surface area contributed by atoms with E-state index < -0.39 is 0 Å². The largest absolute Gasteiger partial charge is 0.302 e. The first-order valence-electron chi connectivity index (χ1n) is 7.19. The molecule has 0 N–H and O–H groups in total. The Labute approximate surface area is 157 Å². The van der Waals surface area contributed by atoms with Crippen molar-refractivity contribution in [3.63, 3.8) is 0 Å². The number of carbonyl (C=O) groups excluding carboxylic acids is 1. The Bertz CT molecular complexity index is 859. The average Bonchev–Trinajstić information content (AvgIpc) is 3.19. The van der Waals surface area contributed by atoms with Crippen molar-refractivity contribution in [3.8, 4) is 11.4 Å². The third-order valence-corrected chi connectivity index (χ3v) is 5.81. The second-order valence-corrected chi connectivity index (χ2v) is 7.97. The molecule has 24 heavy (non-hydrogen) atoms. The molecule has 3 rings (SSSR count). The second-order valence-electron chi connectivity index (χ2n) is 4.87. The molecule has 0 saturated carbocycles. The van der Waals surface area contributed by atoms with E-state index in [0.29, 0.717) is 26.5 Å². The normalized spacial score (nSPS) is 11.0. The van der Waals surface area contributed by atoms with Crippen LogP contribution in [0.3, 0.4) is 0 Å². The van der Waals surface area contributed by atoms with E-state index in [-0.39, 0.29) is 5.78 Å². The van der Waals surface area contributed by atoms with Crippen LogP contribution in [-0.2, 0) is 6.54 Å². The van der Waals surface area contributed by atoms with Crippen molar-refractivity contribution >= 4 is 52.1 Å². The van der Waals surface area contributed by atoms with Crippen LogP contribution in [0.5, 0.6) is 0 Å². The van der Waals surface area contributed by atoms with Gasteiger partial charge in [-0.2, -0.15) is 0 Å². The molecule has 0 unspecified atom stereocenters. The van der Waals surface area contributed by atoms with Crippen molar-refractivity contribution in [2.24, 2.45) is 0 Å². The van der Waals surface area contributed by atoms with Crippen LogP contribution in [0.25, 0.3) is 11.4 Å². The van der Waals surface area contributed by atoms with Crippen LogP contribution in [-0.4, -0.2) is 26.3 Å². The number of aromatic nitrogens is 3. The Balaban J connectivity index is 1.77. The summed E-state index contributed by atoms with van der Waals surface area (Å²) in [6.07, 6.45) is 0. The molecule has 0 aliphatic rings. The maximum absolute atomic E-state index is 12.2. The lowest BCUT2D eigenvalue weighted by Crippen LogP contribution is -2.03. The van der Waals surface area contributed by atoms with Gasteiger partial charge in [0.05, 0.1) is 15.0 Å². The van der Waals surface area contributed by atoms with Crippen molar-refractivity contribution < 1.29 is 4.79 Å². The van der Waals surface area contributed by atoms with E-state index in [1.54, 1.807) is 12.1 Å². The topological polar surface area (TPSA) is 47.8 Å². The quantitative estimate of drug-likeness (QED) is 0.417. The molecule has 2 heterocycles. The van der Waals surface area contributed by atoms with Gasteiger partial charge < -0.3 is 4.57 Å². The fourth-order valence-corrected chi connectivity index (χ4v) is 4.24. The zero-order valence-electron chi connectivity index (χ0n) is 12.7. The molecule has 0 radical (unpaired) electrons. The number of thiophene rings is 1. The molecule has 0 atom stereocenters. The van der Waals surface area contributed by atoms with Gasteiger partial charge in [-0.3, -0.25) is 4.79 Å². The minimum atomic E-state index is 0.0376. The summed E-state index contributed by atoms with van der Waals surface area (Å²) < 4.78 is 2.60. The molecule has 0 bridgehead atoms. The third kappa shape index (κ3) is 3.83. The van der Waals surface area contributed by atoms with Crippen molar-refractivity contribution in [1.29, 1.82) is 0 Å². The van der Waals surface area contributed by atoms with E-state index in [1.165, 1.54) is 23.1 Å². The van der Waals surface area contributed by atoms with Crippen LogP contribution in [0.2, 0.25) is 9.36 Å². The summed E-state index contributed by atoms with van der Waals surface area (Å²) in [4.78, 5) is 12.9. The molecule has 4 nitrogen and oxygen atoms in total. The van der Waals surface area contributed by atoms with Gasteiger partial charge >= 0.3 is 0 Å². The molecule has 0 saturated heterocycles. The molecule has 0 aliphatic heterocycles. The molecule has 124 valence electrons. The molecular weight excluding hydrogens is 385 g/mol. The Hall–Kier alpha value is -1.34. The first-order valence-corrected chi connectivity index (χ1v) is 9.74. The van der Waals surface area contributed by atoms with Crippen LogP contribution in [0.15, 0.2) is 41.6 Å². The monoisotopic (exact) mass is 397 g/mol. The molecule has 0 fully saturated rings. The highest BCUT2D eigenvalue weighted by atomic mass is 35.5. The van der Waals surface area contributed by atoms with Crippen LogP contribution < -0.4 is 0 Å². The van der Waals surface area contributed by atoms with Gasteiger partial charge in [0, 0.05) is 17.1 Å². The van der Waals surface area contributed by atoms with E-state index in [2.05, 4.69) is 10.2 Å². The minimum absolute atomic E-state index is 0.0376. The standard InChI is InChI=1S/C16H13Cl2N3OS2/c1-2-21-15(10-3-5-11(17)6-4-10)19-20-16(21)23-9-12(22)13-7-8-14(18)24-13/h3-8H,2,9H2,1H3. The van der Waals surface area contributed by atoms with Gasteiger partial charge in [-0.1, -0.05) is 35.0 Å². The van der Waals surface area contributed by atoms with Crippen molar-refractivity contribution in [3.05, 3.63) is 50.6 Å². The first-order chi connectivity index (χ1) is 11.6. The lowest BCUT2D eigenvalue weighted by Gasteiger charge is -2.07. The number of rotatable bonds is 6. The highest BCUT2D eigenvalue weighted by Crippen LogP contribution is 2.27. The van der Waals surface area contributed by atoms with Crippen molar-refractivity contribution in [2.45, 2.75) is 18.6 Å². The van der Waals surface area contributed by atoms with Gasteiger partial charge in [-0.25, -0.2) is 0 Å². The zero-order chi connectivity index (χ0) is 17.1. The number of halogens is 2. The number of benzene rings is 1. The fourth-order valence-electron chi connectivity index (χ4n) is 2.16. The lowest BCUT2D eigenvalue weighted by molar-refractivity contribution is 0.102. The Morgan fingerprint density at radius 2 is 1.92 bits per heavy atom.